The Morgan fingerprint density at radius 3 is 2.71 bits per heavy atom. The number of carbonyl (C=O) groups is 1. The molecule has 0 saturated heterocycles. The number of benzene rings is 1. The maximum Gasteiger partial charge on any atom is 0.303 e. The molecule has 1 heterocycles. The summed E-state index contributed by atoms with van der Waals surface area (Å²) in [6, 6.07) is 7.56. The van der Waals surface area contributed by atoms with Gasteiger partial charge in [0.15, 0.2) is 0 Å². The Balaban J connectivity index is 2.39. The number of rotatable bonds is 5. The highest BCUT2D eigenvalue weighted by Gasteiger charge is 2.14. The molecule has 0 aliphatic carbocycles. The van der Waals surface area contributed by atoms with Crippen LogP contribution in [0.3, 0.4) is 0 Å². The third-order valence-corrected chi connectivity index (χ3v) is 3.63. The molecule has 1 unspecified atom stereocenters. The molecule has 1 atom stereocenters. The molecule has 2 aromatic rings. The number of hydrogen-bond donors (Lipinski definition) is 2. The van der Waals surface area contributed by atoms with Gasteiger partial charge in [0, 0.05) is 12.1 Å². The van der Waals surface area contributed by atoms with E-state index < -0.39 is 12.1 Å². The highest BCUT2D eigenvalue weighted by atomic mass is 16.4. The Bertz CT molecular complexity index is 660. The molecule has 5 heteroatoms. The van der Waals surface area contributed by atoms with Crippen LogP contribution in [0.5, 0.6) is 0 Å². The Morgan fingerprint density at radius 2 is 2.10 bits per heavy atom. The summed E-state index contributed by atoms with van der Waals surface area (Å²) in [5, 5.41) is 23.0. The summed E-state index contributed by atoms with van der Waals surface area (Å²) in [6.07, 6.45) is 0.0397. The molecule has 0 spiro atoms. The minimum absolute atomic E-state index is 0.0983. The summed E-state index contributed by atoms with van der Waals surface area (Å²) in [4.78, 5) is 10.7. The second-order valence-corrected chi connectivity index (χ2v) is 5.23. The zero-order valence-corrected chi connectivity index (χ0v) is 12.5. The van der Waals surface area contributed by atoms with Gasteiger partial charge in [0.2, 0.25) is 0 Å². The van der Waals surface area contributed by atoms with Crippen LogP contribution in [0.4, 0.5) is 0 Å². The number of carboxylic acid groups (broad SMARTS) is 1. The minimum atomic E-state index is -0.808. The van der Waals surface area contributed by atoms with Gasteiger partial charge in [-0.3, -0.25) is 4.79 Å². The molecule has 1 aromatic heterocycles. The van der Waals surface area contributed by atoms with Crippen LogP contribution in [0.1, 0.15) is 42.0 Å². The molecule has 5 nitrogen and oxygen atoms in total. The van der Waals surface area contributed by atoms with Gasteiger partial charge < -0.3 is 10.2 Å². The van der Waals surface area contributed by atoms with E-state index in [0.29, 0.717) is 6.42 Å². The molecule has 0 fully saturated rings. The van der Waals surface area contributed by atoms with Crippen molar-refractivity contribution in [2.45, 2.75) is 39.7 Å². The quantitative estimate of drug-likeness (QED) is 0.886. The zero-order chi connectivity index (χ0) is 15.6. The molecule has 2 rings (SSSR count). The maximum absolute atomic E-state index is 10.7. The Kier molecular flexibility index (Phi) is 4.43. The Hall–Kier alpha value is -2.14. The predicted molar refractivity (Wildman–Crippen MR) is 79.6 cm³/mol. The second-order valence-electron chi connectivity index (χ2n) is 5.23. The molecule has 21 heavy (non-hydrogen) atoms. The van der Waals surface area contributed by atoms with Crippen molar-refractivity contribution in [3.05, 3.63) is 46.8 Å². The molecule has 1 aromatic carbocycles. The fourth-order valence-corrected chi connectivity index (χ4v) is 2.44. The van der Waals surface area contributed by atoms with Crippen LogP contribution in [0, 0.1) is 13.8 Å². The molecule has 0 amide bonds. The molecular formula is C16H20N2O3. The van der Waals surface area contributed by atoms with Crippen molar-refractivity contribution in [3.8, 4) is 5.69 Å². The first-order chi connectivity index (χ1) is 9.90. The van der Waals surface area contributed by atoms with Crippen molar-refractivity contribution >= 4 is 5.97 Å². The van der Waals surface area contributed by atoms with Gasteiger partial charge >= 0.3 is 5.97 Å². The van der Waals surface area contributed by atoms with Gasteiger partial charge in [-0.15, -0.1) is 0 Å². The Labute approximate surface area is 123 Å². The van der Waals surface area contributed by atoms with Crippen LogP contribution >= 0.6 is 0 Å². The number of aromatic nitrogens is 2. The van der Waals surface area contributed by atoms with Gasteiger partial charge in [-0.25, -0.2) is 4.68 Å². The molecule has 0 saturated carbocycles. The first-order valence-electron chi connectivity index (χ1n) is 6.95. The lowest BCUT2D eigenvalue weighted by molar-refractivity contribution is -0.136. The topological polar surface area (TPSA) is 75.3 Å². The zero-order valence-electron chi connectivity index (χ0n) is 12.5. The number of aryl methyl sites for hydroxylation is 1. The highest BCUT2D eigenvalue weighted by Crippen LogP contribution is 2.22. The molecule has 0 aliphatic heterocycles. The molecule has 0 radical (unpaired) electrons. The first-order valence-corrected chi connectivity index (χ1v) is 6.95. The van der Waals surface area contributed by atoms with Gasteiger partial charge in [0.25, 0.3) is 0 Å². The summed E-state index contributed by atoms with van der Waals surface area (Å²) in [6.45, 7) is 5.55. The maximum atomic E-state index is 10.7. The summed E-state index contributed by atoms with van der Waals surface area (Å²) in [7, 11) is 0. The fourth-order valence-electron chi connectivity index (χ4n) is 2.44. The van der Waals surface area contributed by atoms with Gasteiger partial charge in [-0.2, -0.15) is 5.10 Å². The summed E-state index contributed by atoms with van der Waals surface area (Å²) < 4.78 is 1.80. The third-order valence-electron chi connectivity index (χ3n) is 3.63. The minimum Gasteiger partial charge on any atom is -0.481 e. The number of carboxylic acids is 1. The van der Waals surface area contributed by atoms with Crippen molar-refractivity contribution in [1.29, 1.82) is 0 Å². The van der Waals surface area contributed by atoms with Crippen LogP contribution in [0.15, 0.2) is 24.3 Å². The van der Waals surface area contributed by atoms with E-state index in [2.05, 4.69) is 5.10 Å². The third kappa shape index (κ3) is 3.31. The van der Waals surface area contributed by atoms with Gasteiger partial charge in [0.05, 0.1) is 17.5 Å². The van der Waals surface area contributed by atoms with E-state index in [0.717, 1.165) is 28.2 Å². The lowest BCUT2D eigenvalue weighted by atomic mass is 10.1. The van der Waals surface area contributed by atoms with E-state index in [4.69, 9.17) is 5.11 Å². The number of aliphatic hydroxyl groups is 1. The molecule has 112 valence electrons. The van der Waals surface area contributed by atoms with E-state index in [-0.39, 0.29) is 6.42 Å². The molecule has 2 N–H and O–H groups in total. The summed E-state index contributed by atoms with van der Waals surface area (Å²) in [5.41, 5.74) is 4.45. The van der Waals surface area contributed by atoms with E-state index in [9.17, 15) is 9.90 Å². The molecule has 0 aliphatic rings. The van der Waals surface area contributed by atoms with E-state index in [1.807, 2.05) is 38.1 Å². The smallest absolute Gasteiger partial charge is 0.303 e. The van der Waals surface area contributed by atoms with Crippen molar-refractivity contribution in [2.24, 2.45) is 0 Å². The van der Waals surface area contributed by atoms with Crippen molar-refractivity contribution in [2.75, 3.05) is 0 Å². The van der Waals surface area contributed by atoms with Crippen molar-refractivity contribution < 1.29 is 15.0 Å². The Morgan fingerprint density at radius 1 is 1.38 bits per heavy atom. The fraction of sp³-hybridized carbons (Fsp3) is 0.375. The van der Waals surface area contributed by atoms with Crippen LogP contribution in [-0.4, -0.2) is 26.0 Å². The van der Waals surface area contributed by atoms with Crippen LogP contribution in [0.2, 0.25) is 0 Å². The summed E-state index contributed by atoms with van der Waals surface area (Å²) >= 11 is 0. The number of aliphatic hydroxyl groups excluding tert-OH is 1. The lowest BCUT2D eigenvalue weighted by Gasteiger charge is -2.09. The highest BCUT2D eigenvalue weighted by molar-refractivity contribution is 5.67. The second kappa shape index (κ2) is 6.10. The number of hydrogen-bond acceptors (Lipinski definition) is 3. The van der Waals surface area contributed by atoms with Crippen molar-refractivity contribution in [1.82, 2.24) is 9.78 Å². The average molecular weight is 288 g/mol. The standard InChI is InChI=1S/C16H20N2O3/c1-10-15(7-8-16(20)21)11(2)18(17-10)14-6-4-5-13(9-14)12(3)19/h4-6,9,12,19H,7-8H2,1-3H3,(H,20,21). The number of aliphatic carboxylic acids is 1. The van der Waals surface area contributed by atoms with E-state index in [1.165, 1.54) is 0 Å². The van der Waals surface area contributed by atoms with E-state index >= 15 is 0 Å². The van der Waals surface area contributed by atoms with Gasteiger partial charge in [-0.05, 0) is 50.5 Å². The average Bonchev–Trinajstić information content (AvgIpc) is 2.72. The van der Waals surface area contributed by atoms with Crippen LogP contribution in [-0.2, 0) is 11.2 Å². The summed E-state index contributed by atoms with van der Waals surface area (Å²) in [5.74, 6) is -0.808. The van der Waals surface area contributed by atoms with Gasteiger partial charge in [0.1, 0.15) is 0 Å². The molecule has 0 bridgehead atoms. The SMILES string of the molecule is Cc1nn(-c2cccc(C(C)O)c2)c(C)c1CCC(=O)O. The largest absolute Gasteiger partial charge is 0.481 e. The van der Waals surface area contributed by atoms with Gasteiger partial charge in [-0.1, -0.05) is 12.1 Å². The molecular weight excluding hydrogens is 268 g/mol. The predicted octanol–water partition coefficient (Wildman–Crippen LogP) is 2.56. The van der Waals surface area contributed by atoms with Crippen LogP contribution < -0.4 is 0 Å². The lowest BCUT2D eigenvalue weighted by Crippen LogP contribution is -2.02. The normalized spacial score (nSPS) is 12.4. The van der Waals surface area contributed by atoms with E-state index in [1.54, 1.807) is 11.6 Å². The van der Waals surface area contributed by atoms with Crippen LogP contribution in [0.25, 0.3) is 5.69 Å². The van der Waals surface area contributed by atoms with Crippen molar-refractivity contribution in [3.63, 3.8) is 0 Å². The number of nitrogens with zero attached hydrogens (tertiary/aromatic N) is 2. The monoisotopic (exact) mass is 288 g/mol. The first kappa shape index (κ1) is 15.3.